The topological polar surface area (TPSA) is 65.5 Å². The molecule has 0 saturated carbocycles. The number of likely N-dealkylation sites (N-methyl/N-ethyl adjacent to an activating group) is 1. The minimum Gasteiger partial charge on any atom is -0.387 e. The summed E-state index contributed by atoms with van der Waals surface area (Å²) in [7, 11) is 0.241. The molecule has 0 amide bonds. The zero-order valence-corrected chi connectivity index (χ0v) is 12.3. The van der Waals surface area contributed by atoms with Crippen LogP contribution in [0.1, 0.15) is 6.92 Å². The van der Waals surface area contributed by atoms with Gasteiger partial charge in [0.25, 0.3) is 0 Å². The maximum atomic E-state index is 12.6. The Balaban J connectivity index is 2.32. The van der Waals surface area contributed by atoms with Crippen LogP contribution in [0.4, 0.5) is 5.69 Å². The Morgan fingerprint density at radius 3 is 2.79 bits per heavy atom. The van der Waals surface area contributed by atoms with Crippen molar-refractivity contribution < 1.29 is 8.42 Å². The van der Waals surface area contributed by atoms with Crippen LogP contribution in [-0.4, -0.2) is 62.4 Å². The number of piperazine rings is 1. The molecule has 1 unspecified atom stereocenters. The second kappa shape index (κ2) is 5.44. The summed E-state index contributed by atoms with van der Waals surface area (Å²) in [5.74, 6) is 0. The molecular formula is C12H20N4O2S. The Bertz CT molecular complexity index is 546. The first kappa shape index (κ1) is 14.2. The molecule has 1 N–H and O–H groups in total. The second-order valence-electron chi connectivity index (χ2n) is 4.81. The van der Waals surface area contributed by atoms with Crippen LogP contribution in [0.25, 0.3) is 0 Å². The number of nitrogens with zero attached hydrogens (tertiary/aromatic N) is 3. The van der Waals surface area contributed by atoms with Crippen LogP contribution in [0.2, 0.25) is 0 Å². The van der Waals surface area contributed by atoms with Gasteiger partial charge in [-0.1, -0.05) is 0 Å². The van der Waals surface area contributed by atoms with Gasteiger partial charge >= 0.3 is 0 Å². The van der Waals surface area contributed by atoms with Gasteiger partial charge in [-0.15, -0.1) is 0 Å². The van der Waals surface area contributed by atoms with Crippen LogP contribution < -0.4 is 5.32 Å². The molecule has 1 aromatic heterocycles. The van der Waals surface area contributed by atoms with Gasteiger partial charge in [-0.2, -0.15) is 4.31 Å². The quantitative estimate of drug-likeness (QED) is 0.873. The minimum atomic E-state index is -3.48. The molecule has 1 aliphatic heterocycles. The molecule has 1 saturated heterocycles. The number of aromatic nitrogens is 1. The summed E-state index contributed by atoms with van der Waals surface area (Å²) in [6.07, 6.45) is 2.99. The predicted octanol–water partition coefficient (Wildman–Crippen LogP) is 0.448. The second-order valence-corrected chi connectivity index (χ2v) is 6.72. The largest absolute Gasteiger partial charge is 0.387 e. The lowest BCUT2D eigenvalue weighted by atomic mass is 10.2. The van der Waals surface area contributed by atoms with Gasteiger partial charge in [-0.05, 0) is 20.0 Å². The van der Waals surface area contributed by atoms with Gasteiger partial charge in [-0.3, -0.25) is 4.98 Å². The summed E-state index contributed by atoms with van der Waals surface area (Å²) >= 11 is 0. The number of hydrogen-bond acceptors (Lipinski definition) is 5. The lowest BCUT2D eigenvalue weighted by Gasteiger charge is -2.36. The fraction of sp³-hybridized carbons (Fsp3) is 0.583. The van der Waals surface area contributed by atoms with Crippen molar-refractivity contribution in [2.45, 2.75) is 17.9 Å². The van der Waals surface area contributed by atoms with Gasteiger partial charge in [0.15, 0.2) is 0 Å². The molecule has 0 bridgehead atoms. The van der Waals surface area contributed by atoms with E-state index in [9.17, 15) is 8.42 Å². The third kappa shape index (κ3) is 2.72. The Labute approximate surface area is 114 Å². The summed E-state index contributed by atoms with van der Waals surface area (Å²) in [5, 5.41) is 2.90. The molecule has 1 atom stereocenters. The van der Waals surface area contributed by atoms with Crippen molar-refractivity contribution in [3.63, 3.8) is 0 Å². The zero-order chi connectivity index (χ0) is 14.0. The van der Waals surface area contributed by atoms with E-state index in [1.165, 1.54) is 10.5 Å². The molecule has 1 aliphatic rings. The molecular weight excluding hydrogens is 264 g/mol. The average Bonchev–Trinajstić information content (AvgIpc) is 2.41. The maximum Gasteiger partial charge on any atom is 0.246 e. The molecule has 2 rings (SSSR count). The van der Waals surface area contributed by atoms with E-state index in [1.807, 2.05) is 14.0 Å². The lowest BCUT2D eigenvalue weighted by Crippen LogP contribution is -2.51. The van der Waals surface area contributed by atoms with Crippen LogP contribution in [-0.2, 0) is 10.0 Å². The number of sulfonamides is 1. The summed E-state index contributed by atoms with van der Waals surface area (Å²) < 4.78 is 26.8. The Morgan fingerprint density at radius 2 is 2.16 bits per heavy atom. The van der Waals surface area contributed by atoms with Gasteiger partial charge in [-0.25, -0.2) is 8.42 Å². The number of rotatable bonds is 3. The highest BCUT2D eigenvalue weighted by Gasteiger charge is 2.32. The third-order valence-corrected chi connectivity index (χ3v) is 5.49. The molecule has 0 radical (unpaired) electrons. The zero-order valence-electron chi connectivity index (χ0n) is 11.5. The van der Waals surface area contributed by atoms with Crippen LogP contribution in [0.3, 0.4) is 0 Å². The molecule has 1 aromatic rings. The third-order valence-electron chi connectivity index (χ3n) is 3.59. The minimum absolute atomic E-state index is 0.221. The number of nitrogens with one attached hydrogen (secondary N) is 1. The van der Waals surface area contributed by atoms with Crippen molar-refractivity contribution in [2.24, 2.45) is 0 Å². The predicted molar refractivity (Wildman–Crippen MR) is 74.6 cm³/mol. The number of hydrogen-bond donors (Lipinski definition) is 1. The smallest absolute Gasteiger partial charge is 0.246 e. The van der Waals surface area contributed by atoms with Gasteiger partial charge in [0.1, 0.15) is 4.90 Å². The van der Waals surface area contributed by atoms with Crippen LogP contribution in [0.15, 0.2) is 23.4 Å². The number of pyridine rings is 1. The molecule has 7 heteroatoms. The summed E-state index contributed by atoms with van der Waals surface area (Å²) in [4.78, 5) is 6.34. The van der Waals surface area contributed by atoms with E-state index >= 15 is 0 Å². The summed E-state index contributed by atoms with van der Waals surface area (Å²) in [5.41, 5.74) is 0.585. The van der Waals surface area contributed by atoms with E-state index in [0.29, 0.717) is 18.8 Å². The lowest BCUT2D eigenvalue weighted by molar-refractivity contribution is 0.159. The van der Waals surface area contributed by atoms with E-state index in [4.69, 9.17) is 0 Å². The Morgan fingerprint density at radius 1 is 1.42 bits per heavy atom. The molecule has 0 spiro atoms. The fourth-order valence-corrected chi connectivity index (χ4v) is 3.82. The van der Waals surface area contributed by atoms with Crippen molar-refractivity contribution >= 4 is 15.7 Å². The molecule has 0 aromatic carbocycles. The van der Waals surface area contributed by atoms with Gasteiger partial charge in [0, 0.05) is 45.1 Å². The molecule has 19 heavy (non-hydrogen) atoms. The highest BCUT2D eigenvalue weighted by atomic mass is 32.2. The summed E-state index contributed by atoms with van der Waals surface area (Å²) in [6, 6.07) is 1.89. The van der Waals surface area contributed by atoms with Crippen LogP contribution >= 0.6 is 0 Å². The Hall–Kier alpha value is -1.18. The van der Waals surface area contributed by atoms with Gasteiger partial charge < -0.3 is 10.2 Å². The number of anilines is 1. The molecule has 2 heterocycles. The fourth-order valence-electron chi connectivity index (χ4n) is 2.16. The van der Waals surface area contributed by atoms with Crippen molar-refractivity contribution in [1.29, 1.82) is 0 Å². The first-order valence-corrected chi connectivity index (χ1v) is 7.73. The molecule has 1 fully saturated rings. The van der Waals surface area contributed by atoms with E-state index in [2.05, 4.69) is 15.2 Å². The average molecular weight is 284 g/mol. The highest BCUT2D eigenvalue weighted by Crippen LogP contribution is 2.24. The normalized spacial score (nSPS) is 22.4. The molecule has 0 aliphatic carbocycles. The van der Waals surface area contributed by atoms with E-state index in [0.717, 1.165) is 6.54 Å². The first-order valence-electron chi connectivity index (χ1n) is 6.29. The van der Waals surface area contributed by atoms with Crippen LogP contribution in [0, 0.1) is 0 Å². The van der Waals surface area contributed by atoms with Crippen molar-refractivity contribution in [3.05, 3.63) is 18.5 Å². The summed E-state index contributed by atoms with van der Waals surface area (Å²) in [6.45, 7) is 3.80. The van der Waals surface area contributed by atoms with E-state index < -0.39 is 10.0 Å². The van der Waals surface area contributed by atoms with Gasteiger partial charge in [0.05, 0.1) is 5.69 Å². The first-order chi connectivity index (χ1) is 8.96. The van der Waals surface area contributed by atoms with Gasteiger partial charge in [0.2, 0.25) is 10.0 Å². The monoisotopic (exact) mass is 284 g/mol. The molecule has 106 valence electrons. The molecule has 6 nitrogen and oxygen atoms in total. The van der Waals surface area contributed by atoms with Crippen molar-refractivity contribution in [2.75, 3.05) is 39.0 Å². The Kier molecular flexibility index (Phi) is 4.07. The standard InChI is InChI=1S/C12H20N4O2S/c1-10-9-16(7-6-15(10)3)19(17,18)12-8-14-5-4-11(12)13-2/h4-5,8,10H,6-7,9H2,1-3H3,(H,13,14). The van der Waals surface area contributed by atoms with Crippen LogP contribution in [0.5, 0.6) is 0 Å². The SMILES string of the molecule is CNc1ccncc1S(=O)(=O)N1CCN(C)C(C)C1. The highest BCUT2D eigenvalue weighted by molar-refractivity contribution is 7.89. The van der Waals surface area contributed by atoms with Crippen molar-refractivity contribution in [3.8, 4) is 0 Å². The van der Waals surface area contributed by atoms with E-state index in [1.54, 1.807) is 19.3 Å². The van der Waals surface area contributed by atoms with Crippen molar-refractivity contribution in [1.82, 2.24) is 14.2 Å². The maximum absolute atomic E-state index is 12.6. The van der Waals surface area contributed by atoms with E-state index in [-0.39, 0.29) is 10.9 Å².